The summed E-state index contributed by atoms with van der Waals surface area (Å²) in [7, 11) is 0. The van der Waals surface area contributed by atoms with Crippen molar-refractivity contribution in [3.63, 3.8) is 0 Å². The Morgan fingerprint density at radius 3 is 2.76 bits per heavy atom. The Morgan fingerprint density at radius 1 is 1.35 bits per heavy atom. The maximum atomic E-state index is 11.3. The van der Waals surface area contributed by atoms with E-state index in [0.717, 1.165) is 12.8 Å². The van der Waals surface area contributed by atoms with Gasteiger partial charge in [0.1, 0.15) is 5.02 Å². The van der Waals surface area contributed by atoms with Crippen molar-refractivity contribution >= 4 is 17.4 Å². The number of hydrogen-bond acceptors (Lipinski definition) is 4. The second-order valence-electron chi connectivity index (χ2n) is 4.84. The number of nitrogens with one attached hydrogen (secondary N) is 3. The molecule has 17 heavy (non-hydrogen) atoms. The Labute approximate surface area is 104 Å². The summed E-state index contributed by atoms with van der Waals surface area (Å²) in [5.74, 6) is 0.502. The number of hydrogen-bond donors (Lipinski definition) is 3. The maximum Gasteiger partial charge on any atom is 0.271 e. The Balaban J connectivity index is 1.75. The Hall–Kier alpha value is -1.07. The summed E-state index contributed by atoms with van der Waals surface area (Å²) in [5.41, 5.74) is -0.291. The third kappa shape index (κ3) is 2.17. The number of rotatable bonds is 2. The molecule has 0 saturated carbocycles. The van der Waals surface area contributed by atoms with Crippen LogP contribution in [-0.2, 0) is 0 Å². The zero-order valence-corrected chi connectivity index (χ0v) is 10.1. The summed E-state index contributed by atoms with van der Waals surface area (Å²) in [6.07, 6.45) is 6.02. The number of aromatic nitrogens is 2. The minimum atomic E-state index is -0.291. The van der Waals surface area contributed by atoms with Gasteiger partial charge in [0.05, 0.1) is 6.33 Å². The molecule has 0 aliphatic carbocycles. The van der Waals surface area contributed by atoms with Gasteiger partial charge in [-0.1, -0.05) is 11.6 Å². The van der Waals surface area contributed by atoms with Crippen LogP contribution in [0.3, 0.4) is 0 Å². The smallest absolute Gasteiger partial charge is 0.271 e. The predicted molar refractivity (Wildman–Crippen MR) is 66.5 cm³/mol. The van der Waals surface area contributed by atoms with Gasteiger partial charge in [-0.3, -0.25) is 4.79 Å². The Morgan fingerprint density at radius 2 is 2.06 bits per heavy atom. The number of aromatic amines is 1. The van der Waals surface area contributed by atoms with Crippen LogP contribution in [0.2, 0.25) is 5.02 Å². The highest BCUT2D eigenvalue weighted by Crippen LogP contribution is 2.29. The van der Waals surface area contributed by atoms with Crippen molar-refractivity contribution in [1.29, 1.82) is 0 Å². The van der Waals surface area contributed by atoms with Crippen molar-refractivity contribution in [1.82, 2.24) is 15.3 Å². The topological polar surface area (TPSA) is 69.8 Å². The second-order valence-corrected chi connectivity index (χ2v) is 5.22. The van der Waals surface area contributed by atoms with Gasteiger partial charge in [-0.05, 0) is 25.7 Å². The van der Waals surface area contributed by atoms with E-state index in [2.05, 4.69) is 20.6 Å². The molecular weight excluding hydrogens is 240 g/mol. The molecule has 3 N–H and O–H groups in total. The van der Waals surface area contributed by atoms with E-state index in [1.54, 1.807) is 0 Å². The van der Waals surface area contributed by atoms with Crippen LogP contribution in [0.4, 0.5) is 5.82 Å². The van der Waals surface area contributed by atoms with Gasteiger partial charge in [-0.2, -0.15) is 0 Å². The van der Waals surface area contributed by atoms with E-state index in [9.17, 15) is 4.79 Å². The first kappa shape index (κ1) is 11.0. The molecule has 1 aromatic rings. The molecule has 3 rings (SSSR count). The van der Waals surface area contributed by atoms with Gasteiger partial charge in [0, 0.05) is 18.1 Å². The van der Waals surface area contributed by atoms with Crippen LogP contribution < -0.4 is 16.2 Å². The monoisotopic (exact) mass is 254 g/mol. The number of nitrogens with zero attached hydrogens (tertiary/aromatic N) is 1. The average molecular weight is 255 g/mol. The Kier molecular flexibility index (Phi) is 2.80. The SMILES string of the molecule is O=c1[nH]cnc(NC2CC3CCC(C2)N3)c1Cl. The lowest BCUT2D eigenvalue weighted by Crippen LogP contribution is -2.43. The van der Waals surface area contributed by atoms with Crippen molar-refractivity contribution in [2.75, 3.05) is 5.32 Å². The first-order valence-electron chi connectivity index (χ1n) is 5.98. The fourth-order valence-electron chi connectivity index (χ4n) is 2.85. The van der Waals surface area contributed by atoms with Crippen LogP contribution >= 0.6 is 11.6 Å². The fourth-order valence-corrected chi connectivity index (χ4v) is 3.01. The average Bonchev–Trinajstić information content (AvgIpc) is 2.65. The summed E-state index contributed by atoms with van der Waals surface area (Å²) in [4.78, 5) is 17.9. The van der Waals surface area contributed by atoms with Gasteiger partial charge in [0.2, 0.25) is 0 Å². The maximum absolute atomic E-state index is 11.3. The molecule has 2 aliphatic heterocycles. The standard InChI is InChI=1S/C11H15ClN4O/c12-9-10(13-5-14-11(9)17)16-8-3-6-1-2-7(4-8)15-6/h5-8,15H,1-4H2,(H2,13,14,16,17). The third-order valence-electron chi connectivity index (χ3n) is 3.61. The van der Waals surface area contributed by atoms with Crippen LogP contribution in [0, 0.1) is 0 Å². The summed E-state index contributed by atoms with van der Waals surface area (Å²) in [5, 5.41) is 7.01. The molecule has 2 atom stereocenters. The minimum Gasteiger partial charge on any atom is -0.366 e. The third-order valence-corrected chi connectivity index (χ3v) is 3.96. The molecule has 0 spiro atoms. The van der Waals surface area contributed by atoms with E-state index < -0.39 is 0 Å². The summed E-state index contributed by atoms with van der Waals surface area (Å²) in [6.45, 7) is 0. The summed E-state index contributed by atoms with van der Waals surface area (Å²) < 4.78 is 0. The van der Waals surface area contributed by atoms with Crippen molar-refractivity contribution in [3.8, 4) is 0 Å². The van der Waals surface area contributed by atoms with E-state index in [-0.39, 0.29) is 10.6 Å². The molecule has 2 saturated heterocycles. The quantitative estimate of drug-likeness (QED) is 0.740. The van der Waals surface area contributed by atoms with Gasteiger partial charge in [0.15, 0.2) is 5.82 Å². The zero-order valence-electron chi connectivity index (χ0n) is 9.37. The Bertz CT molecular complexity index is 463. The highest BCUT2D eigenvalue weighted by molar-refractivity contribution is 6.32. The lowest BCUT2D eigenvalue weighted by molar-refractivity contribution is 0.377. The molecule has 2 aliphatic rings. The molecule has 0 amide bonds. The molecule has 6 heteroatoms. The van der Waals surface area contributed by atoms with E-state index in [1.807, 2.05) is 0 Å². The van der Waals surface area contributed by atoms with Crippen LogP contribution in [0.1, 0.15) is 25.7 Å². The number of anilines is 1. The normalized spacial score (nSPS) is 31.5. The van der Waals surface area contributed by atoms with Crippen molar-refractivity contribution in [2.24, 2.45) is 0 Å². The molecule has 2 fully saturated rings. The van der Waals surface area contributed by atoms with Crippen molar-refractivity contribution in [3.05, 3.63) is 21.7 Å². The molecule has 3 heterocycles. The second kappa shape index (κ2) is 4.31. The minimum absolute atomic E-state index is 0.151. The summed E-state index contributed by atoms with van der Waals surface area (Å²) >= 11 is 5.92. The van der Waals surface area contributed by atoms with E-state index in [4.69, 9.17) is 11.6 Å². The molecule has 0 radical (unpaired) electrons. The molecule has 0 aromatic carbocycles. The van der Waals surface area contributed by atoms with E-state index in [0.29, 0.717) is 23.9 Å². The van der Waals surface area contributed by atoms with E-state index >= 15 is 0 Å². The van der Waals surface area contributed by atoms with E-state index in [1.165, 1.54) is 19.2 Å². The van der Waals surface area contributed by atoms with Crippen LogP contribution in [0.5, 0.6) is 0 Å². The van der Waals surface area contributed by atoms with Gasteiger partial charge in [-0.25, -0.2) is 4.98 Å². The van der Waals surface area contributed by atoms with Gasteiger partial charge >= 0.3 is 0 Å². The van der Waals surface area contributed by atoms with Crippen LogP contribution in [-0.4, -0.2) is 28.1 Å². The van der Waals surface area contributed by atoms with Crippen molar-refractivity contribution < 1.29 is 0 Å². The number of halogens is 1. The molecule has 2 bridgehead atoms. The molecule has 92 valence electrons. The predicted octanol–water partition coefficient (Wildman–Crippen LogP) is 1.12. The zero-order chi connectivity index (χ0) is 11.8. The van der Waals surface area contributed by atoms with Crippen LogP contribution in [0.15, 0.2) is 11.1 Å². The number of piperidine rings is 1. The van der Waals surface area contributed by atoms with Crippen LogP contribution in [0.25, 0.3) is 0 Å². The van der Waals surface area contributed by atoms with Crippen molar-refractivity contribution in [2.45, 2.75) is 43.8 Å². The lowest BCUT2D eigenvalue weighted by atomic mass is 10.00. The molecular formula is C11H15ClN4O. The highest BCUT2D eigenvalue weighted by atomic mass is 35.5. The fraction of sp³-hybridized carbons (Fsp3) is 0.636. The molecule has 1 aromatic heterocycles. The molecule has 2 unspecified atom stereocenters. The molecule has 5 nitrogen and oxygen atoms in total. The highest BCUT2D eigenvalue weighted by Gasteiger charge is 2.33. The van der Waals surface area contributed by atoms with Gasteiger partial charge in [-0.15, -0.1) is 0 Å². The first-order chi connectivity index (χ1) is 8.22. The first-order valence-corrected chi connectivity index (χ1v) is 6.36. The van der Waals surface area contributed by atoms with Gasteiger partial charge in [0.25, 0.3) is 5.56 Å². The summed E-state index contributed by atoms with van der Waals surface area (Å²) in [6, 6.07) is 1.57. The number of fused-ring (bicyclic) bond motifs is 2. The van der Waals surface area contributed by atoms with Gasteiger partial charge < -0.3 is 15.6 Å². The number of H-pyrrole nitrogens is 1. The largest absolute Gasteiger partial charge is 0.366 e. The lowest BCUT2D eigenvalue weighted by Gasteiger charge is -2.30.